The number of para-hydroxylation sites is 1. The van der Waals surface area contributed by atoms with Crippen molar-refractivity contribution in [1.82, 2.24) is 5.48 Å². The highest BCUT2D eigenvalue weighted by Crippen LogP contribution is 2.15. The molecule has 0 aliphatic rings. The minimum Gasteiger partial charge on any atom is -0.409 e. The van der Waals surface area contributed by atoms with Crippen LogP contribution in [0.4, 0.5) is 0 Å². The lowest BCUT2D eigenvalue weighted by atomic mass is 10.2. The molecule has 0 bridgehead atoms. The van der Waals surface area contributed by atoms with Gasteiger partial charge in [0.05, 0.1) is 6.61 Å². The van der Waals surface area contributed by atoms with Crippen molar-refractivity contribution < 1.29 is 9.94 Å². The predicted molar refractivity (Wildman–Crippen MR) is 42.1 cm³/mol. The molecule has 0 saturated carbocycles. The van der Waals surface area contributed by atoms with Crippen LogP contribution < -0.4 is 10.3 Å². The van der Waals surface area contributed by atoms with E-state index in [1.165, 1.54) is 0 Å². The third-order valence-electron chi connectivity index (χ3n) is 1.35. The largest absolute Gasteiger partial charge is 0.409 e. The number of rotatable bonds is 3. The highest BCUT2D eigenvalue weighted by Gasteiger charge is 1.98. The number of hydrogen-bond acceptors (Lipinski definition) is 3. The van der Waals surface area contributed by atoms with Gasteiger partial charge in [-0.15, -0.1) is 0 Å². The van der Waals surface area contributed by atoms with Crippen molar-refractivity contribution in [1.29, 1.82) is 0 Å². The fourth-order valence-corrected chi connectivity index (χ4v) is 0.844. The Bertz CT molecular complexity index is 225. The SMILES string of the molecule is CNOc1ccccc1CO. The fraction of sp³-hybridized carbons (Fsp3) is 0.250. The molecular formula is C8H11NO2. The van der Waals surface area contributed by atoms with Crippen LogP contribution in [0.1, 0.15) is 5.56 Å². The molecule has 0 aromatic heterocycles. The number of nitrogens with one attached hydrogen (secondary N) is 1. The van der Waals surface area contributed by atoms with E-state index < -0.39 is 0 Å². The summed E-state index contributed by atoms with van der Waals surface area (Å²) in [5, 5.41) is 8.84. The molecule has 0 aliphatic carbocycles. The Morgan fingerprint density at radius 1 is 1.45 bits per heavy atom. The first kappa shape index (κ1) is 8.04. The first-order valence-corrected chi connectivity index (χ1v) is 3.41. The Morgan fingerprint density at radius 3 is 2.82 bits per heavy atom. The van der Waals surface area contributed by atoms with Crippen molar-refractivity contribution in [2.24, 2.45) is 0 Å². The number of aliphatic hydroxyl groups is 1. The van der Waals surface area contributed by atoms with E-state index in [-0.39, 0.29) is 6.61 Å². The van der Waals surface area contributed by atoms with Gasteiger partial charge < -0.3 is 9.94 Å². The maximum Gasteiger partial charge on any atom is 0.152 e. The summed E-state index contributed by atoms with van der Waals surface area (Å²) in [4.78, 5) is 5.02. The molecule has 0 unspecified atom stereocenters. The summed E-state index contributed by atoms with van der Waals surface area (Å²) in [5.74, 6) is 0.664. The molecule has 3 nitrogen and oxygen atoms in total. The number of hydroxylamine groups is 1. The zero-order chi connectivity index (χ0) is 8.10. The van der Waals surface area contributed by atoms with Gasteiger partial charge in [0.25, 0.3) is 0 Å². The van der Waals surface area contributed by atoms with Crippen LogP contribution >= 0.6 is 0 Å². The normalized spacial score (nSPS) is 9.64. The van der Waals surface area contributed by atoms with E-state index in [2.05, 4.69) is 5.48 Å². The van der Waals surface area contributed by atoms with Gasteiger partial charge in [-0.2, -0.15) is 5.48 Å². The van der Waals surface area contributed by atoms with Crippen molar-refractivity contribution in [3.63, 3.8) is 0 Å². The Hall–Kier alpha value is -1.06. The zero-order valence-electron chi connectivity index (χ0n) is 6.37. The van der Waals surface area contributed by atoms with Crippen LogP contribution in [-0.4, -0.2) is 12.2 Å². The molecule has 3 heteroatoms. The molecule has 0 aliphatic heterocycles. The van der Waals surface area contributed by atoms with E-state index in [1.54, 1.807) is 13.1 Å². The predicted octanol–water partition coefficient (Wildman–Crippen LogP) is 0.692. The maximum absolute atomic E-state index is 8.84. The highest BCUT2D eigenvalue weighted by atomic mass is 16.6. The topological polar surface area (TPSA) is 41.5 Å². The second-order valence-electron chi connectivity index (χ2n) is 2.07. The van der Waals surface area contributed by atoms with Crippen LogP contribution in [0, 0.1) is 0 Å². The summed E-state index contributed by atoms with van der Waals surface area (Å²) >= 11 is 0. The molecular weight excluding hydrogens is 142 g/mol. The Kier molecular flexibility index (Phi) is 2.89. The summed E-state index contributed by atoms with van der Waals surface area (Å²) in [6, 6.07) is 7.31. The molecule has 2 N–H and O–H groups in total. The van der Waals surface area contributed by atoms with E-state index in [1.807, 2.05) is 18.2 Å². The van der Waals surface area contributed by atoms with E-state index in [0.29, 0.717) is 5.75 Å². The molecule has 0 amide bonds. The second kappa shape index (κ2) is 3.95. The van der Waals surface area contributed by atoms with Crippen LogP contribution in [-0.2, 0) is 6.61 Å². The fourth-order valence-electron chi connectivity index (χ4n) is 0.844. The van der Waals surface area contributed by atoms with Crippen molar-refractivity contribution in [3.8, 4) is 5.75 Å². The van der Waals surface area contributed by atoms with Crippen molar-refractivity contribution in [3.05, 3.63) is 29.8 Å². The molecule has 0 saturated heterocycles. The minimum atomic E-state index is -0.00213. The van der Waals surface area contributed by atoms with E-state index >= 15 is 0 Å². The van der Waals surface area contributed by atoms with Gasteiger partial charge in [0, 0.05) is 12.6 Å². The van der Waals surface area contributed by atoms with E-state index in [0.717, 1.165) is 5.56 Å². The van der Waals surface area contributed by atoms with Gasteiger partial charge in [-0.1, -0.05) is 18.2 Å². The van der Waals surface area contributed by atoms with Crippen LogP contribution in [0.5, 0.6) is 5.75 Å². The summed E-state index contributed by atoms with van der Waals surface area (Å²) in [6.45, 7) is -0.00213. The highest BCUT2D eigenvalue weighted by molar-refractivity contribution is 5.32. The molecule has 0 fully saturated rings. The molecule has 0 heterocycles. The summed E-state index contributed by atoms with van der Waals surface area (Å²) in [7, 11) is 1.67. The van der Waals surface area contributed by atoms with Crippen molar-refractivity contribution >= 4 is 0 Å². The second-order valence-corrected chi connectivity index (χ2v) is 2.07. The lowest BCUT2D eigenvalue weighted by molar-refractivity contribution is 0.210. The molecule has 1 aromatic carbocycles. The third kappa shape index (κ3) is 1.93. The van der Waals surface area contributed by atoms with Gasteiger partial charge >= 0.3 is 0 Å². The first-order valence-electron chi connectivity index (χ1n) is 3.41. The zero-order valence-corrected chi connectivity index (χ0v) is 6.37. The Labute approximate surface area is 65.6 Å². The molecule has 60 valence electrons. The van der Waals surface area contributed by atoms with E-state index in [9.17, 15) is 0 Å². The minimum absolute atomic E-state index is 0.00213. The molecule has 1 aromatic rings. The molecule has 0 atom stereocenters. The van der Waals surface area contributed by atoms with Crippen LogP contribution in [0.2, 0.25) is 0 Å². The molecule has 11 heavy (non-hydrogen) atoms. The number of aliphatic hydroxyl groups excluding tert-OH is 1. The maximum atomic E-state index is 8.84. The van der Waals surface area contributed by atoms with Gasteiger partial charge in [-0.3, -0.25) is 0 Å². The molecule has 0 radical (unpaired) electrons. The van der Waals surface area contributed by atoms with Gasteiger partial charge in [0.1, 0.15) is 0 Å². The van der Waals surface area contributed by atoms with Gasteiger partial charge in [0.15, 0.2) is 5.75 Å². The lowest BCUT2D eigenvalue weighted by Crippen LogP contribution is -2.12. The summed E-state index contributed by atoms with van der Waals surface area (Å²) in [6.07, 6.45) is 0. The first-order chi connectivity index (χ1) is 5.38. The number of hydrogen-bond donors (Lipinski definition) is 2. The average Bonchev–Trinajstić information content (AvgIpc) is 2.06. The van der Waals surface area contributed by atoms with Crippen molar-refractivity contribution in [2.45, 2.75) is 6.61 Å². The van der Waals surface area contributed by atoms with Crippen LogP contribution in [0.15, 0.2) is 24.3 Å². The standard InChI is InChI=1S/C8H11NO2/c1-9-11-8-5-3-2-4-7(8)6-10/h2-5,9-10H,6H2,1H3. The summed E-state index contributed by atoms with van der Waals surface area (Å²) in [5.41, 5.74) is 3.33. The third-order valence-corrected chi connectivity index (χ3v) is 1.35. The van der Waals surface area contributed by atoms with Crippen molar-refractivity contribution in [2.75, 3.05) is 7.05 Å². The van der Waals surface area contributed by atoms with E-state index in [4.69, 9.17) is 9.94 Å². The van der Waals surface area contributed by atoms with Crippen LogP contribution in [0.3, 0.4) is 0 Å². The molecule has 0 spiro atoms. The average molecular weight is 153 g/mol. The summed E-state index contributed by atoms with van der Waals surface area (Å²) < 4.78 is 0. The lowest BCUT2D eigenvalue weighted by Gasteiger charge is -2.06. The van der Waals surface area contributed by atoms with Crippen LogP contribution in [0.25, 0.3) is 0 Å². The Balaban J connectivity index is 2.83. The molecule has 1 rings (SSSR count). The smallest absolute Gasteiger partial charge is 0.152 e. The Morgan fingerprint density at radius 2 is 2.18 bits per heavy atom. The monoisotopic (exact) mass is 153 g/mol. The van der Waals surface area contributed by atoms with Gasteiger partial charge in [-0.05, 0) is 6.07 Å². The quantitative estimate of drug-likeness (QED) is 0.628. The van der Waals surface area contributed by atoms with Gasteiger partial charge in [0.2, 0.25) is 0 Å². The van der Waals surface area contributed by atoms with Gasteiger partial charge in [-0.25, -0.2) is 0 Å². The number of benzene rings is 1.